The SMILES string of the molecule is Cc1c(C(=O)NN(C(=O)c2cccc(Cl)c2)C(C)(C)C)ccc2c1CC(C)O2. The quantitative estimate of drug-likeness (QED) is 0.752. The molecule has 1 N–H and O–H groups in total. The fraction of sp³-hybridized carbons (Fsp3) is 0.364. The monoisotopic (exact) mass is 400 g/mol. The number of nitrogens with zero attached hydrogens (tertiary/aromatic N) is 1. The summed E-state index contributed by atoms with van der Waals surface area (Å²) < 4.78 is 5.76. The van der Waals surface area contributed by atoms with E-state index in [-0.39, 0.29) is 17.9 Å². The van der Waals surface area contributed by atoms with Gasteiger partial charge in [0, 0.05) is 28.1 Å². The van der Waals surface area contributed by atoms with Crippen LogP contribution in [0, 0.1) is 6.92 Å². The lowest BCUT2D eigenvalue weighted by molar-refractivity contribution is 0.0358. The summed E-state index contributed by atoms with van der Waals surface area (Å²) in [5.74, 6) is 0.175. The van der Waals surface area contributed by atoms with Gasteiger partial charge in [0.05, 0.1) is 5.54 Å². The molecule has 0 spiro atoms. The highest BCUT2D eigenvalue weighted by molar-refractivity contribution is 6.31. The smallest absolute Gasteiger partial charge is 0.272 e. The van der Waals surface area contributed by atoms with E-state index in [1.54, 1.807) is 30.3 Å². The molecular weight excluding hydrogens is 376 g/mol. The van der Waals surface area contributed by atoms with Crippen LogP contribution in [-0.2, 0) is 6.42 Å². The Hall–Kier alpha value is -2.53. The van der Waals surface area contributed by atoms with E-state index in [0.29, 0.717) is 16.1 Å². The van der Waals surface area contributed by atoms with Crippen LogP contribution in [0.15, 0.2) is 36.4 Å². The summed E-state index contributed by atoms with van der Waals surface area (Å²) in [5.41, 5.74) is 5.04. The molecule has 5 nitrogen and oxygen atoms in total. The molecule has 1 unspecified atom stereocenters. The van der Waals surface area contributed by atoms with Gasteiger partial charge in [-0.05, 0) is 70.5 Å². The van der Waals surface area contributed by atoms with Crippen molar-refractivity contribution in [2.24, 2.45) is 0 Å². The summed E-state index contributed by atoms with van der Waals surface area (Å²) in [4.78, 5) is 26.1. The lowest BCUT2D eigenvalue weighted by Gasteiger charge is -2.35. The summed E-state index contributed by atoms with van der Waals surface area (Å²) >= 11 is 6.03. The van der Waals surface area contributed by atoms with E-state index in [9.17, 15) is 9.59 Å². The third-order valence-electron chi connectivity index (χ3n) is 4.78. The van der Waals surface area contributed by atoms with Crippen LogP contribution in [0.2, 0.25) is 5.02 Å². The van der Waals surface area contributed by atoms with Crippen molar-refractivity contribution in [1.29, 1.82) is 0 Å². The van der Waals surface area contributed by atoms with Crippen LogP contribution in [-0.4, -0.2) is 28.5 Å². The van der Waals surface area contributed by atoms with Gasteiger partial charge in [-0.25, -0.2) is 5.01 Å². The van der Waals surface area contributed by atoms with Gasteiger partial charge in [-0.2, -0.15) is 0 Å². The van der Waals surface area contributed by atoms with Crippen LogP contribution in [0.25, 0.3) is 0 Å². The average Bonchev–Trinajstić information content (AvgIpc) is 2.99. The topological polar surface area (TPSA) is 58.6 Å². The number of hydrogen-bond donors (Lipinski definition) is 1. The minimum absolute atomic E-state index is 0.0995. The maximum absolute atomic E-state index is 13.1. The maximum atomic E-state index is 13.1. The molecule has 28 heavy (non-hydrogen) atoms. The fourth-order valence-corrected chi connectivity index (χ4v) is 3.51. The standard InChI is InChI=1S/C22H25ClN2O3/c1-13-11-18-14(2)17(9-10-19(18)28-13)20(26)24-25(22(3,4)5)21(27)15-7-6-8-16(23)12-15/h6-10,12-13H,11H2,1-5H3,(H,24,26). The van der Waals surface area contributed by atoms with Crippen molar-refractivity contribution >= 4 is 23.4 Å². The van der Waals surface area contributed by atoms with Crippen molar-refractivity contribution < 1.29 is 14.3 Å². The lowest BCUT2D eigenvalue weighted by atomic mass is 9.98. The third-order valence-corrected chi connectivity index (χ3v) is 5.01. The van der Waals surface area contributed by atoms with Crippen LogP contribution in [0.3, 0.4) is 0 Å². The van der Waals surface area contributed by atoms with E-state index in [2.05, 4.69) is 5.43 Å². The third kappa shape index (κ3) is 3.99. The molecule has 1 aliphatic heterocycles. The highest BCUT2D eigenvalue weighted by Gasteiger charge is 2.31. The Bertz CT molecular complexity index is 934. The molecule has 0 saturated heterocycles. The first-order valence-corrected chi connectivity index (χ1v) is 9.66. The number of hydrazine groups is 1. The van der Waals surface area contributed by atoms with E-state index in [4.69, 9.17) is 16.3 Å². The maximum Gasteiger partial charge on any atom is 0.272 e. The number of ether oxygens (including phenoxy) is 1. The largest absolute Gasteiger partial charge is 0.490 e. The summed E-state index contributed by atoms with van der Waals surface area (Å²) in [7, 11) is 0. The molecule has 148 valence electrons. The Balaban J connectivity index is 1.89. The molecule has 2 aromatic rings. The second-order valence-corrected chi connectivity index (χ2v) is 8.55. The predicted molar refractivity (Wildman–Crippen MR) is 110 cm³/mol. The van der Waals surface area contributed by atoms with Gasteiger partial charge in [-0.1, -0.05) is 17.7 Å². The number of hydrogen-bond acceptors (Lipinski definition) is 3. The predicted octanol–water partition coefficient (Wildman–Crippen LogP) is 4.56. The van der Waals surface area contributed by atoms with Crippen LogP contribution >= 0.6 is 11.6 Å². The molecule has 0 fully saturated rings. The Kier molecular flexibility index (Phi) is 5.39. The summed E-state index contributed by atoms with van der Waals surface area (Å²) in [6, 6.07) is 10.2. The number of benzene rings is 2. The zero-order valence-corrected chi connectivity index (χ0v) is 17.6. The van der Waals surface area contributed by atoms with E-state index in [1.807, 2.05) is 40.7 Å². The number of fused-ring (bicyclic) bond motifs is 1. The normalized spacial score (nSPS) is 15.6. The highest BCUT2D eigenvalue weighted by atomic mass is 35.5. The molecule has 6 heteroatoms. The van der Waals surface area contributed by atoms with E-state index in [1.165, 1.54) is 5.01 Å². The zero-order valence-electron chi connectivity index (χ0n) is 16.8. The van der Waals surface area contributed by atoms with Gasteiger partial charge in [0.1, 0.15) is 11.9 Å². The van der Waals surface area contributed by atoms with Crippen molar-refractivity contribution in [3.8, 4) is 5.75 Å². The molecule has 2 amide bonds. The van der Waals surface area contributed by atoms with Gasteiger partial charge < -0.3 is 4.74 Å². The first-order valence-electron chi connectivity index (χ1n) is 9.28. The second kappa shape index (κ2) is 7.47. The van der Waals surface area contributed by atoms with E-state index in [0.717, 1.165) is 23.3 Å². The van der Waals surface area contributed by atoms with E-state index >= 15 is 0 Å². The summed E-state index contributed by atoms with van der Waals surface area (Å²) in [6.07, 6.45) is 0.870. The first kappa shape index (κ1) is 20.2. The van der Waals surface area contributed by atoms with Gasteiger partial charge >= 0.3 is 0 Å². The van der Waals surface area contributed by atoms with Gasteiger partial charge in [0.25, 0.3) is 11.8 Å². The highest BCUT2D eigenvalue weighted by Crippen LogP contribution is 2.33. The van der Waals surface area contributed by atoms with Crippen LogP contribution in [0.4, 0.5) is 0 Å². The number of nitrogens with one attached hydrogen (secondary N) is 1. The average molecular weight is 401 g/mol. The molecule has 0 bridgehead atoms. The molecule has 0 aliphatic carbocycles. The molecule has 0 saturated carbocycles. The Morgan fingerprint density at radius 3 is 2.57 bits per heavy atom. The van der Waals surface area contributed by atoms with Crippen molar-refractivity contribution in [3.63, 3.8) is 0 Å². The van der Waals surface area contributed by atoms with Crippen LogP contribution in [0.5, 0.6) is 5.75 Å². The summed E-state index contributed by atoms with van der Waals surface area (Å²) in [5, 5.41) is 1.82. The number of halogens is 1. The molecule has 0 radical (unpaired) electrons. The second-order valence-electron chi connectivity index (χ2n) is 8.11. The minimum Gasteiger partial charge on any atom is -0.490 e. The molecule has 1 atom stereocenters. The van der Waals surface area contributed by atoms with Crippen LogP contribution in [0.1, 0.15) is 59.5 Å². The Morgan fingerprint density at radius 2 is 1.93 bits per heavy atom. The number of amides is 2. The molecule has 1 heterocycles. The van der Waals surface area contributed by atoms with Crippen molar-refractivity contribution in [2.75, 3.05) is 0 Å². The molecule has 0 aromatic heterocycles. The number of rotatable bonds is 2. The lowest BCUT2D eigenvalue weighted by Crippen LogP contribution is -2.56. The number of carbonyl (C=O) groups excluding carboxylic acids is 2. The molecule has 1 aliphatic rings. The molecule has 2 aromatic carbocycles. The van der Waals surface area contributed by atoms with Gasteiger partial charge in [0.15, 0.2) is 0 Å². The van der Waals surface area contributed by atoms with Crippen molar-refractivity contribution in [1.82, 2.24) is 10.4 Å². The van der Waals surface area contributed by atoms with Crippen molar-refractivity contribution in [3.05, 3.63) is 63.7 Å². The van der Waals surface area contributed by atoms with Gasteiger partial charge in [0.2, 0.25) is 0 Å². The molecule has 3 rings (SSSR count). The van der Waals surface area contributed by atoms with Gasteiger partial charge in [-0.3, -0.25) is 15.0 Å². The Morgan fingerprint density at radius 1 is 1.21 bits per heavy atom. The first-order chi connectivity index (χ1) is 13.1. The summed E-state index contributed by atoms with van der Waals surface area (Å²) in [6.45, 7) is 9.50. The molecular formula is C22H25ClN2O3. The fourth-order valence-electron chi connectivity index (χ4n) is 3.32. The minimum atomic E-state index is -0.628. The number of carbonyl (C=O) groups is 2. The van der Waals surface area contributed by atoms with Crippen molar-refractivity contribution in [2.45, 2.75) is 52.7 Å². The Labute approximate surface area is 170 Å². The zero-order chi connectivity index (χ0) is 20.6. The van der Waals surface area contributed by atoms with Gasteiger partial charge in [-0.15, -0.1) is 0 Å². The van der Waals surface area contributed by atoms with E-state index < -0.39 is 5.54 Å². The van der Waals surface area contributed by atoms with Crippen LogP contribution < -0.4 is 10.2 Å².